The summed E-state index contributed by atoms with van der Waals surface area (Å²) >= 11 is 1.41. The molecule has 7 heteroatoms. The number of thioether (sulfide) groups is 1. The van der Waals surface area contributed by atoms with Crippen molar-refractivity contribution < 1.29 is 4.52 Å². The number of para-hydroxylation sites is 1. The number of aromatic nitrogens is 4. The van der Waals surface area contributed by atoms with Crippen molar-refractivity contribution in [2.45, 2.75) is 24.3 Å². The predicted octanol–water partition coefficient (Wildman–Crippen LogP) is 4.96. The summed E-state index contributed by atoms with van der Waals surface area (Å²) in [4.78, 5) is 22.6. The fraction of sp³-hybridized carbons (Fsp3) is 0.120. The summed E-state index contributed by atoms with van der Waals surface area (Å²) < 4.78 is 7.10. The van der Waals surface area contributed by atoms with E-state index in [1.807, 2.05) is 79.7 Å². The van der Waals surface area contributed by atoms with Crippen LogP contribution in [0.2, 0.25) is 0 Å². The second-order valence-corrected chi connectivity index (χ2v) is 8.39. The van der Waals surface area contributed by atoms with E-state index in [-0.39, 0.29) is 5.56 Å². The number of nitrogens with zero attached hydrogens (tertiary/aromatic N) is 4. The van der Waals surface area contributed by atoms with Crippen molar-refractivity contribution in [2.75, 3.05) is 0 Å². The van der Waals surface area contributed by atoms with Crippen molar-refractivity contribution >= 4 is 22.7 Å². The third-order valence-corrected chi connectivity index (χ3v) is 5.97. The smallest absolute Gasteiger partial charge is 0.266 e. The van der Waals surface area contributed by atoms with E-state index in [9.17, 15) is 4.79 Å². The van der Waals surface area contributed by atoms with Crippen molar-refractivity contribution in [3.63, 3.8) is 0 Å². The molecule has 2 aromatic heterocycles. The first-order valence-corrected chi connectivity index (χ1v) is 11.2. The maximum Gasteiger partial charge on any atom is 0.266 e. The molecule has 158 valence electrons. The largest absolute Gasteiger partial charge is 0.338 e. The van der Waals surface area contributed by atoms with E-state index in [1.54, 1.807) is 10.6 Å². The van der Waals surface area contributed by atoms with Crippen molar-refractivity contribution in [3.8, 4) is 5.69 Å². The first-order chi connectivity index (χ1) is 15.7. The molecule has 0 bridgehead atoms. The van der Waals surface area contributed by atoms with Gasteiger partial charge in [0, 0.05) is 6.42 Å². The molecule has 0 unspecified atom stereocenters. The number of aryl methyl sites for hydroxylation is 1. The third-order valence-electron chi connectivity index (χ3n) is 5.04. The Morgan fingerprint density at radius 1 is 0.938 bits per heavy atom. The van der Waals surface area contributed by atoms with Gasteiger partial charge in [-0.25, -0.2) is 4.98 Å². The average molecular weight is 441 g/mol. The fourth-order valence-electron chi connectivity index (χ4n) is 3.53. The van der Waals surface area contributed by atoms with Crippen LogP contribution >= 0.6 is 11.8 Å². The lowest BCUT2D eigenvalue weighted by Gasteiger charge is -2.13. The van der Waals surface area contributed by atoms with Crippen LogP contribution in [0.1, 0.15) is 22.8 Å². The van der Waals surface area contributed by atoms with Gasteiger partial charge < -0.3 is 4.52 Å². The summed E-state index contributed by atoms with van der Waals surface area (Å²) in [5, 5.41) is 5.26. The molecule has 0 atom stereocenters. The Balaban J connectivity index is 1.46. The van der Waals surface area contributed by atoms with Crippen LogP contribution in [0.5, 0.6) is 0 Å². The quantitative estimate of drug-likeness (QED) is 0.274. The van der Waals surface area contributed by atoms with Crippen molar-refractivity contribution in [1.82, 2.24) is 19.7 Å². The second kappa shape index (κ2) is 8.80. The Labute approximate surface area is 188 Å². The maximum absolute atomic E-state index is 13.3. The average Bonchev–Trinajstić information content (AvgIpc) is 3.26. The van der Waals surface area contributed by atoms with Crippen molar-refractivity contribution in [3.05, 3.63) is 112 Å². The highest BCUT2D eigenvalue weighted by molar-refractivity contribution is 7.98. The molecule has 0 saturated heterocycles. The van der Waals surface area contributed by atoms with Crippen LogP contribution in [0.15, 0.2) is 93.3 Å². The molecule has 0 radical (unpaired) electrons. The van der Waals surface area contributed by atoms with Gasteiger partial charge in [-0.05, 0) is 42.3 Å². The monoisotopic (exact) mass is 440 g/mol. The molecule has 0 aliphatic rings. The lowest BCUT2D eigenvalue weighted by atomic mass is 10.1. The predicted molar refractivity (Wildman–Crippen MR) is 125 cm³/mol. The Morgan fingerprint density at radius 2 is 1.75 bits per heavy atom. The van der Waals surface area contributed by atoms with Crippen molar-refractivity contribution in [1.29, 1.82) is 0 Å². The molecule has 6 nitrogen and oxygen atoms in total. The summed E-state index contributed by atoms with van der Waals surface area (Å²) in [5.41, 5.74) is 3.54. The van der Waals surface area contributed by atoms with E-state index in [0.717, 1.165) is 16.8 Å². The summed E-state index contributed by atoms with van der Waals surface area (Å²) in [6, 6.07) is 25.2. The first kappa shape index (κ1) is 20.2. The van der Waals surface area contributed by atoms with Crippen LogP contribution in [-0.2, 0) is 12.2 Å². The molecule has 0 aliphatic heterocycles. The van der Waals surface area contributed by atoms with E-state index in [0.29, 0.717) is 39.9 Å². The van der Waals surface area contributed by atoms with Crippen LogP contribution in [0.25, 0.3) is 16.6 Å². The van der Waals surface area contributed by atoms with Crippen LogP contribution in [0, 0.1) is 6.92 Å². The molecule has 0 amide bonds. The normalized spacial score (nSPS) is 11.2. The number of hydrogen-bond donors (Lipinski definition) is 0. The van der Waals surface area contributed by atoms with Gasteiger partial charge in [0.2, 0.25) is 5.89 Å². The van der Waals surface area contributed by atoms with E-state index in [4.69, 9.17) is 9.51 Å². The van der Waals surface area contributed by atoms with Gasteiger partial charge >= 0.3 is 0 Å². The lowest BCUT2D eigenvalue weighted by Crippen LogP contribution is -2.21. The molecule has 0 aliphatic carbocycles. The van der Waals surface area contributed by atoms with E-state index < -0.39 is 0 Å². The maximum atomic E-state index is 13.3. The van der Waals surface area contributed by atoms with Crippen LogP contribution in [0.4, 0.5) is 0 Å². The molecule has 32 heavy (non-hydrogen) atoms. The van der Waals surface area contributed by atoms with Gasteiger partial charge in [0.25, 0.3) is 5.56 Å². The Hall–Kier alpha value is -3.71. The molecule has 0 N–H and O–H groups in total. The molecular formula is C25H20N4O2S. The van der Waals surface area contributed by atoms with Crippen molar-refractivity contribution in [2.24, 2.45) is 0 Å². The first-order valence-electron chi connectivity index (χ1n) is 10.2. The molecule has 5 rings (SSSR count). The fourth-order valence-corrected chi connectivity index (χ4v) is 4.38. The minimum absolute atomic E-state index is 0.0982. The zero-order chi connectivity index (χ0) is 21.9. The molecule has 0 saturated carbocycles. The van der Waals surface area contributed by atoms with Gasteiger partial charge in [-0.1, -0.05) is 71.5 Å². The van der Waals surface area contributed by atoms with Crippen LogP contribution in [-0.4, -0.2) is 19.7 Å². The summed E-state index contributed by atoms with van der Waals surface area (Å²) in [7, 11) is 0. The SMILES string of the molecule is Cc1cccc(-n2c(SCc3nc(Cc4ccccc4)no3)nc3ccccc3c2=O)c1. The Morgan fingerprint density at radius 3 is 2.59 bits per heavy atom. The van der Waals surface area contributed by atoms with E-state index in [1.165, 1.54) is 11.8 Å². The molecule has 0 fully saturated rings. The van der Waals surface area contributed by atoms with E-state index in [2.05, 4.69) is 10.1 Å². The zero-order valence-electron chi connectivity index (χ0n) is 17.4. The molecular weight excluding hydrogens is 420 g/mol. The zero-order valence-corrected chi connectivity index (χ0v) is 18.2. The lowest BCUT2D eigenvalue weighted by molar-refractivity contribution is 0.385. The number of benzene rings is 3. The highest BCUT2D eigenvalue weighted by Crippen LogP contribution is 2.24. The molecule has 3 aromatic carbocycles. The van der Waals surface area contributed by atoms with Gasteiger partial charge in [-0.3, -0.25) is 9.36 Å². The minimum atomic E-state index is -0.0982. The minimum Gasteiger partial charge on any atom is -0.338 e. The molecule has 5 aromatic rings. The van der Waals surface area contributed by atoms with Gasteiger partial charge in [-0.15, -0.1) is 0 Å². The highest BCUT2D eigenvalue weighted by atomic mass is 32.2. The van der Waals surface area contributed by atoms with Gasteiger partial charge in [0.1, 0.15) is 0 Å². The molecule has 2 heterocycles. The van der Waals surface area contributed by atoms with Gasteiger partial charge in [-0.2, -0.15) is 4.98 Å². The highest BCUT2D eigenvalue weighted by Gasteiger charge is 2.15. The number of rotatable bonds is 6. The Kier molecular flexibility index (Phi) is 5.56. The number of fused-ring (bicyclic) bond motifs is 1. The second-order valence-electron chi connectivity index (χ2n) is 7.45. The summed E-state index contributed by atoms with van der Waals surface area (Å²) in [6.45, 7) is 2.00. The standard InChI is InChI=1S/C25H20N4O2S/c1-17-8-7-11-19(14-17)29-24(30)20-12-5-6-13-21(20)26-25(29)32-16-23-27-22(28-31-23)15-18-9-3-2-4-10-18/h2-14H,15-16H2,1H3. The topological polar surface area (TPSA) is 73.8 Å². The van der Waals surface area contributed by atoms with Crippen LogP contribution in [0.3, 0.4) is 0 Å². The van der Waals surface area contributed by atoms with Crippen LogP contribution < -0.4 is 5.56 Å². The summed E-state index contributed by atoms with van der Waals surface area (Å²) in [5.74, 6) is 1.55. The molecule has 0 spiro atoms. The van der Waals surface area contributed by atoms with E-state index >= 15 is 0 Å². The number of hydrogen-bond acceptors (Lipinski definition) is 6. The van der Waals surface area contributed by atoms with Gasteiger partial charge in [0.15, 0.2) is 11.0 Å². The van der Waals surface area contributed by atoms with Gasteiger partial charge in [0.05, 0.1) is 22.3 Å². The third kappa shape index (κ3) is 4.20. The summed E-state index contributed by atoms with van der Waals surface area (Å²) in [6.07, 6.45) is 0.608. The Bertz CT molecular complexity index is 1440.